The van der Waals surface area contributed by atoms with E-state index in [-0.39, 0.29) is 0 Å². The van der Waals surface area contributed by atoms with Gasteiger partial charge in [0, 0.05) is 12.6 Å². The summed E-state index contributed by atoms with van der Waals surface area (Å²) < 4.78 is 0. The van der Waals surface area contributed by atoms with Gasteiger partial charge in [0.2, 0.25) is 0 Å². The Bertz CT molecular complexity index is 45.8. The standard InChI is InChI=1S/C6H16N2/c1-3-4-8-6(2)5-7/h6,8H,3-5,7H2,1-2H3/t6-/m0/s1. The van der Waals surface area contributed by atoms with E-state index in [1.54, 1.807) is 0 Å². The molecule has 1 atom stereocenters. The quantitative estimate of drug-likeness (QED) is 0.555. The van der Waals surface area contributed by atoms with E-state index in [9.17, 15) is 0 Å². The Morgan fingerprint density at radius 3 is 2.62 bits per heavy atom. The van der Waals surface area contributed by atoms with Gasteiger partial charge in [-0.15, -0.1) is 0 Å². The molecule has 0 bridgehead atoms. The Labute approximate surface area is 51.5 Å². The zero-order chi connectivity index (χ0) is 6.41. The van der Waals surface area contributed by atoms with E-state index in [0.717, 1.165) is 13.1 Å². The largest absolute Gasteiger partial charge is 0.329 e. The van der Waals surface area contributed by atoms with E-state index in [0.29, 0.717) is 6.04 Å². The van der Waals surface area contributed by atoms with Crippen molar-refractivity contribution in [2.45, 2.75) is 26.3 Å². The predicted molar refractivity (Wildman–Crippen MR) is 36.8 cm³/mol. The van der Waals surface area contributed by atoms with Crippen LogP contribution in [0.25, 0.3) is 0 Å². The number of hydrogen-bond acceptors (Lipinski definition) is 2. The summed E-state index contributed by atoms with van der Waals surface area (Å²) in [6, 6.07) is 0.481. The van der Waals surface area contributed by atoms with E-state index in [1.807, 2.05) is 0 Å². The van der Waals surface area contributed by atoms with Crippen LogP contribution in [0.5, 0.6) is 0 Å². The normalized spacial score (nSPS) is 13.9. The average molecular weight is 116 g/mol. The molecule has 0 aliphatic carbocycles. The van der Waals surface area contributed by atoms with Gasteiger partial charge in [0.1, 0.15) is 0 Å². The van der Waals surface area contributed by atoms with Gasteiger partial charge in [0.05, 0.1) is 0 Å². The molecule has 0 amide bonds. The number of rotatable bonds is 4. The van der Waals surface area contributed by atoms with Crippen LogP contribution in [-0.4, -0.2) is 19.1 Å². The summed E-state index contributed by atoms with van der Waals surface area (Å²) in [7, 11) is 0. The highest BCUT2D eigenvalue weighted by Crippen LogP contribution is 1.76. The molecule has 0 saturated heterocycles. The van der Waals surface area contributed by atoms with Crippen molar-refractivity contribution in [1.82, 2.24) is 5.32 Å². The van der Waals surface area contributed by atoms with Crippen LogP contribution in [0.4, 0.5) is 0 Å². The maximum atomic E-state index is 5.35. The first-order valence-corrected chi connectivity index (χ1v) is 3.24. The molecule has 8 heavy (non-hydrogen) atoms. The van der Waals surface area contributed by atoms with Crippen LogP contribution in [0.3, 0.4) is 0 Å². The van der Waals surface area contributed by atoms with Crippen molar-refractivity contribution in [2.75, 3.05) is 13.1 Å². The first-order chi connectivity index (χ1) is 3.81. The Morgan fingerprint density at radius 1 is 1.62 bits per heavy atom. The molecule has 50 valence electrons. The van der Waals surface area contributed by atoms with Crippen molar-refractivity contribution in [2.24, 2.45) is 5.73 Å². The summed E-state index contributed by atoms with van der Waals surface area (Å²) in [6.45, 7) is 6.06. The highest BCUT2D eigenvalue weighted by Gasteiger charge is 1.92. The number of hydrogen-bond donors (Lipinski definition) is 2. The fourth-order valence-corrected chi connectivity index (χ4v) is 0.474. The molecule has 0 aliphatic heterocycles. The summed E-state index contributed by atoms with van der Waals surface area (Å²) in [5.41, 5.74) is 5.35. The zero-order valence-corrected chi connectivity index (χ0v) is 5.78. The van der Waals surface area contributed by atoms with E-state index in [2.05, 4.69) is 19.2 Å². The van der Waals surface area contributed by atoms with E-state index in [4.69, 9.17) is 5.73 Å². The van der Waals surface area contributed by atoms with Gasteiger partial charge in [0.15, 0.2) is 0 Å². The highest BCUT2D eigenvalue weighted by atomic mass is 14.9. The molecule has 0 aromatic rings. The molecule has 2 heteroatoms. The first kappa shape index (κ1) is 7.92. The van der Waals surface area contributed by atoms with E-state index < -0.39 is 0 Å². The molecule has 0 aromatic heterocycles. The van der Waals surface area contributed by atoms with Crippen molar-refractivity contribution in [3.05, 3.63) is 0 Å². The molecule has 0 aliphatic rings. The minimum atomic E-state index is 0.481. The second-order valence-corrected chi connectivity index (χ2v) is 2.09. The second kappa shape index (κ2) is 5.06. The van der Waals surface area contributed by atoms with Gasteiger partial charge in [-0.3, -0.25) is 0 Å². The Balaban J connectivity index is 2.86. The molecule has 0 rings (SSSR count). The summed E-state index contributed by atoms with van der Waals surface area (Å²) >= 11 is 0. The van der Waals surface area contributed by atoms with Crippen molar-refractivity contribution in [1.29, 1.82) is 0 Å². The van der Waals surface area contributed by atoms with Crippen LogP contribution in [0.15, 0.2) is 0 Å². The first-order valence-electron chi connectivity index (χ1n) is 3.24. The van der Waals surface area contributed by atoms with Gasteiger partial charge in [0.25, 0.3) is 0 Å². The molecule has 0 heterocycles. The Morgan fingerprint density at radius 2 is 2.25 bits per heavy atom. The highest BCUT2D eigenvalue weighted by molar-refractivity contribution is 4.58. The third-order valence-electron chi connectivity index (χ3n) is 1.10. The maximum absolute atomic E-state index is 5.35. The fraction of sp³-hybridized carbons (Fsp3) is 1.00. The topological polar surface area (TPSA) is 38.0 Å². The van der Waals surface area contributed by atoms with Gasteiger partial charge in [-0.25, -0.2) is 0 Å². The third kappa shape index (κ3) is 4.09. The van der Waals surface area contributed by atoms with Crippen LogP contribution < -0.4 is 11.1 Å². The lowest BCUT2D eigenvalue weighted by atomic mass is 10.3. The molecule has 0 spiro atoms. The van der Waals surface area contributed by atoms with E-state index in [1.165, 1.54) is 6.42 Å². The molecule has 2 nitrogen and oxygen atoms in total. The van der Waals surface area contributed by atoms with Crippen LogP contribution >= 0.6 is 0 Å². The van der Waals surface area contributed by atoms with Crippen LogP contribution in [0, 0.1) is 0 Å². The van der Waals surface area contributed by atoms with Crippen LogP contribution in [0.1, 0.15) is 20.3 Å². The summed E-state index contributed by atoms with van der Waals surface area (Å²) in [5.74, 6) is 0. The number of nitrogens with two attached hydrogens (primary N) is 1. The van der Waals surface area contributed by atoms with Crippen molar-refractivity contribution >= 4 is 0 Å². The molecular formula is C6H16N2. The smallest absolute Gasteiger partial charge is 0.0161 e. The molecule has 0 radical (unpaired) electrons. The van der Waals surface area contributed by atoms with Gasteiger partial charge in [-0.05, 0) is 19.9 Å². The van der Waals surface area contributed by atoms with Gasteiger partial charge in [-0.1, -0.05) is 6.92 Å². The SMILES string of the molecule is CCCN[C@@H](C)CN. The predicted octanol–water partition coefficient (Wildman–Crippen LogP) is 0.333. The Kier molecular flexibility index (Phi) is 5.01. The maximum Gasteiger partial charge on any atom is 0.0161 e. The Hall–Kier alpha value is -0.0800. The number of nitrogens with one attached hydrogen (secondary N) is 1. The minimum Gasteiger partial charge on any atom is -0.329 e. The van der Waals surface area contributed by atoms with Gasteiger partial charge < -0.3 is 11.1 Å². The minimum absolute atomic E-state index is 0.481. The van der Waals surface area contributed by atoms with Crippen LogP contribution in [-0.2, 0) is 0 Å². The van der Waals surface area contributed by atoms with E-state index >= 15 is 0 Å². The molecule has 0 fully saturated rings. The second-order valence-electron chi connectivity index (χ2n) is 2.09. The van der Waals surface area contributed by atoms with Crippen molar-refractivity contribution in [3.8, 4) is 0 Å². The molecule has 0 saturated carbocycles. The van der Waals surface area contributed by atoms with Gasteiger partial charge in [-0.2, -0.15) is 0 Å². The fourth-order valence-electron chi connectivity index (χ4n) is 0.474. The summed E-state index contributed by atoms with van der Waals surface area (Å²) in [5, 5.41) is 3.26. The summed E-state index contributed by atoms with van der Waals surface area (Å²) in [4.78, 5) is 0. The average Bonchev–Trinajstić information content (AvgIpc) is 1.83. The zero-order valence-electron chi connectivity index (χ0n) is 5.78. The lowest BCUT2D eigenvalue weighted by Crippen LogP contribution is -2.33. The lowest BCUT2D eigenvalue weighted by molar-refractivity contribution is 0.554. The lowest BCUT2D eigenvalue weighted by Gasteiger charge is -2.08. The van der Waals surface area contributed by atoms with Gasteiger partial charge >= 0.3 is 0 Å². The monoisotopic (exact) mass is 116 g/mol. The van der Waals surface area contributed by atoms with Crippen molar-refractivity contribution < 1.29 is 0 Å². The van der Waals surface area contributed by atoms with Crippen LogP contribution in [0.2, 0.25) is 0 Å². The third-order valence-corrected chi connectivity index (χ3v) is 1.10. The van der Waals surface area contributed by atoms with Crippen molar-refractivity contribution in [3.63, 3.8) is 0 Å². The molecule has 3 N–H and O–H groups in total. The molecular weight excluding hydrogens is 100 g/mol. The molecule has 0 aromatic carbocycles. The molecule has 0 unspecified atom stereocenters. The summed E-state index contributed by atoms with van der Waals surface area (Å²) in [6.07, 6.45) is 1.18.